The number of rotatable bonds is 3. The molecule has 2 atom stereocenters. The zero-order valence-electron chi connectivity index (χ0n) is 10.6. The maximum Gasteiger partial charge on any atom is 0.0450 e. The average molecular weight is 252 g/mol. The molecule has 1 nitrogen and oxygen atoms in total. The van der Waals surface area contributed by atoms with Crippen molar-refractivity contribution >= 4 is 11.6 Å². The molecule has 94 valence electrons. The van der Waals surface area contributed by atoms with Crippen LogP contribution in [0, 0.1) is 5.92 Å². The highest BCUT2D eigenvalue weighted by molar-refractivity contribution is 6.31. The lowest BCUT2D eigenvalue weighted by Gasteiger charge is -2.16. The first-order valence-corrected chi connectivity index (χ1v) is 7.10. The molecule has 1 aliphatic carbocycles. The quantitative estimate of drug-likeness (QED) is 0.786. The Hall–Kier alpha value is -0.530. The van der Waals surface area contributed by atoms with E-state index in [0.717, 1.165) is 17.5 Å². The van der Waals surface area contributed by atoms with E-state index in [1.165, 1.54) is 37.7 Å². The molecule has 2 rings (SSSR count). The van der Waals surface area contributed by atoms with Crippen molar-refractivity contribution in [3.63, 3.8) is 0 Å². The molecule has 0 aliphatic heterocycles. The van der Waals surface area contributed by atoms with E-state index in [0.29, 0.717) is 6.04 Å². The van der Waals surface area contributed by atoms with E-state index in [4.69, 9.17) is 11.6 Å². The van der Waals surface area contributed by atoms with Gasteiger partial charge >= 0.3 is 0 Å². The van der Waals surface area contributed by atoms with Gasteiger partial charge in [-0.2, -0.15) is 0 Å². The van der Waals surface area contributed by atoms with Crippen molar-refractivity contribution in [2.75, 3.05) is 0 Å². The van der Waals surface area contributed by atoms with Gasteiger partial charge in [0.25, 0.3) is 0 Å². The summed E-state index contributed by atoms with van der Waals surface area (Å²) in [4.78, 5) is 0. The lowest BCUT2D eigenvalue weighted by Crippen LogP contribution is -2.28. The van der Waals surface area contributed by atoms with Gasteiger partial charge < -0.3 is 5.32 Å². The van der Waals surface area contributed by atoms with E-state index in [1.54, 1.807) is 0 Å². The molecule has 17 heavy (non-hydrogen) atoms. The highest BCUT2D eigenvalue weighted by atomic mass is 35.5. The van der Waals surface area contributed by atoms with Gasteiger partial charge in [-0.1, -0.05) is 49.6 Å². The van der Waals surface area contributed by atoms with Crippen molar-refractivity contribution in [2.45, 2.75) is 51.6 Å². The van der Waals surface area contributed by atoms with E-state index in [-0.39, 0.29) is 0 Å². The van der Waals surface area contributed by atoms with Crippen molar-refractivity contribution < 1.29 is 0 Å². The molecular weight excluding hydrogens is 230 g/mol. The van der Waals surface area contributed by atoms with E-state index in [2.05, 4.69) is 24.4 Å². The predicted molar refractivity (Wildman–Crippen MR) is 74.3 cm³/mol. The van der Waals surface area contributed by atoms with Crippen LogP contribution >= 0.6 is 11.6 Å². The fourth-order valence-corrected chi connectivity index (χ4v) is 2.79. The Balaban J connectivity index is 1.83. The molecule has 0 aromatic heterocycles. The van der Waals surface area contributed by atoms with E-state index in [1.807, 2.05) is 12.1 Å². The van der Waals surface area contributed by atoms with Gasteiger partial charge in [-0.15, -0.1) is 0 Å². The maximum atomic E-state index is 6.16. The lowest BCUT2D eigenvalue weighted by molar-refractivity contribution is 0.447. The molecule has 0 amide bonds. The molecule has 1 aromatic rings. The SMILES string of the molecule is CC1CCCC(NCc2ccccc2Cl)CC1. The number of halogens is 1. The highest BCUT2D eigenvalue weighted by Crippen LogP contribution is 2.23. The Morgan fingerprint density at radius 3 is 2.82 bits per heavy atom. The van der Waals surface area contributed by atoms with Crippen LogP contribution < -0.4 is 5.32 Å². The summed E-state index contributed by atoms with van der Waals surface area (Å²) >= 11 is 6.16. The summed E-state index contributed by atoms with van der Waals surface area (Å²) in [5, 5.41) is 4.53. The first kappa shape index (κ1) is 12.9. The van der Waals surface area contributed by atoms with Crippen LogP contribution in [0.25, 0.3) is 0 Å². The van der Waals surface area contributed by atoms with Gasteiger partial charge in [0.2, 0.25) is 0 Å². The second-order valence-corrected chi connectivity index (χ2v) is 5.69. The molecule has 1 fully saturated rings. The fraction of sp³-hybridized carbons (Fsp3) is 0.600. The summed E-state index contributed by atoms with van der Waals surface area (Å²) in [6, 6.07) is 8.79. The van der Waals surface area contributed by atoms with E-state index >= 15 is 0 Å². The Bertz CT molecular complexity index is 351. The second-order valence-electron chi connectivity index (χ2n) is 5.28. The summed E-state index contributed by atoms with van der Waals surface area (Å²) < 4.78 is 0. The lowest BCUT2D eigenvalue weighted by atomic mass is 10.0. The number of hydrogen-bond donors (Lipinski definition) is 1. The minimum Gasteiger partial charge on any atom is -0.310 e. The van der Waals surface area contributed by atoms with Gasteiger partial charge in [-0.05, 0) is 36.8 Å². The first-order valence-electron chi connectivity index (χ1n) is 6.72. The molecule has 0 saturated heterocycles. The normalized spacial score (nSPS) is 25.5. The minimum absolute atomic E-state index is 0.677. The predicted octanol–water partition coefficient (Wildman–Crippen LogP) is 4.40. The number of benzene rings is 1. The molecule has 1 N–H and O–H groups in total. The number of hydrogen-bond acceptors (Lipinski definition) is 1. The first-order chi connectivity index (χ1) is 8.25. The van der Waals surface area contributed by atoms with Crippen LogP contribution in [0.5, 0.6) is 0 Å². The highest BCUT2D eigenvalue weighted by Gasteiger charge is 2.15. The van der Waals surface area contributed by atoms with Crippen LogP contribution in [-0.4, -0.2) is 6.04 Å². The summed E-state index contributed by atoms with van der Waals surface area (Å²) in [5.74, 6) is 0.905. The van der Waals surface area contributed by atoms with E-state index in [9.17, 15) is 0 Å². The third-order valence-electron chi connectivity index (χ3n) is 3.80. The fourth-order valence-electron chi connectivity index (χ4n) is 2.59. The summed E-state index contributed by atoms with van der Waals surface area (Å²) in [6.45, 7) is 3.27. The molecule has 0 bridgehead atoms. The van der Waals surface area contributed by atoms with Gasteiger partial charge in [0, 0.05) is 17.6 Å². The topological polar surface area (TPSA) is 12.0 Å². The zero-order chi connectivity index (χ0) is 12.1. The summed E-state index contributed by atoms with van der Waals surface area (Å²) in [6.07, 6.45) is 6.74. The Kier molecular flexibility index (Phi) is 4.87. The molecule has 0 heterocycles. The molecule has 1 aromatic carbocycles. The summed E-state index contributed by atoms with van der Waals surface area (Å²) in [7, 11) is 0. The molecule has 0 radical (unpaired) electrons. The van der Waals surface area contributed by atoms with Gasteiger partial charge in [-0.25, -0.2) is 0 Å². The third-order valence-corrected chi connectivity index (χ3v) is 4.17. The van der Waals surface area contributed by atoms with Crippen molar-refractivity contribution in [2.24, 2.45) is 5.92 Å². The largest absolute Gasteiger partial charge is 0.310 e. The number of nitrogens with one attached hydrogen (secondary N) is 1. The van der Waals surface area contributed by atoms with Crippen molar-refractivity contribution in [3.8, 4) is 0 Å². The van der Waals surface area contributed by atoms with Crippen molar-refractivity contribution in [1.82, 2.24) is 5.32 Å². The van der Waals surface area contributed by atoms with Crippen LogP contribution in [0.4, 0.5) is 0 Å². The van der Waals surface area contributed by atoms with Crippen LogP contribution in [0.1, 0.15) is 44.6 Å². The molecule has 2 heteroatoms. The van der Waals surface area contributed by atoms with Crippen LogP contribution in [0.3, 0.4) is 0 Å². The van der Waals surface area contributed by atoms with Crippen LogP contribution in [0.2, 0.25) is 5.02 Å². The third kappa shape index (κ3) is 4.01. The van der Waals surface area contributed by atoms with Gasteiger partial charge in [-0.3, -0.25) is 0 Å². The monoisotopic (exact) mass is 251 g/mol. The van der Waals surface area contributed by atoms with Gasteiger partial charge in [0.1, 0.15) is 0 Å². The van der Waals surface area contributed by atoms with E-state index < -0.39 is 0 Å². The van der Waals surface area contributed by atoms with Gasteiger partial charge in [0.15, 0.2) is 0 Å². The van der Waals surface area contributed by atoms with Crippen LogP contribution in [0.15, 0.2) is 24.3 Å². The Morgan fingerprint density at radius 2 is 2.00 bits per heavy atom. The standard InChI is InChI=1S/C15H22ClN/c1-12-5-4-7-14(10-9-12)17-11-13-6-2-3-8-15(13)16/h2-3,6,8,12,14,17H,4-5,7,9-11H2,1H3. The van der Waals surface area contributed by atoms with Crippen molar-refractivity contribution in [3.05, 3.63) is 34.9 Å². The molecular formula is C15H22ClN. The smallest absolute Gasteiger partial charge is 0.0450 e. The maximum absolute atomic E-state index is 6.16. The molecule has 2 unspecified atom stereocenters. The second kappa shape index (κ2) is 6.42. The zero-order valence-corrected chi connectivity index (χ0v) is 11.3. The van der Waals surface area contributed by atoms with Crippen LogP contribution in [-0.2, 0) is 6.54 Å². The van der Waals surface area contributed by atoms with Crippen molar-refractivity contribution in [1.29, 1.82) is 0 Å². The average Bonchev–Trinajstić information content (AvgIpc) is 2.53. The molecule has 1 aliphatic rings. The molecule has 0 spiro atoms. The Morgan fingerprint density at radius 1 is 1.18 bits per heavy atom. The molecule has 1 saturated carbocycles. The summed E-state index contributed by atoms with van der Waals surface area (Å²) in [5.41, 5.74) is 1.21. The Labute approximate surface area is 110 Å². The van der Waals surface area contributed by atoms with Gasteiger partial charge in [0.05, 0.1) is 0 Å². The minimum atomic E-state index is 0.677.